The van der Waals surface area contributed by atoms with Crippen molar-refractivity contribution in [1.29, 1.82) is 5.26 Å². The summed E-state index contributed by atoms with van der Waals surface area (Å²) < 4.78 is 5.41. The van der Waals surface area contributed by atoms with Crippen molar-refractivity contribution >= 4 is 18.2 Å². The van der Waals surface area contributed by atoms with Gasteiger partial charge in [0.05, 0.1) is 17.7 Å². The molecule has 0 radical (unpaired) electrons. The molecule has 0 atom stereocenters. The van der Waals surface area contributed by atoms with Gasteiger partial charge in [-0.1, -0.05) is 25.6 Å². The summed E-state index contributed by atoms with van der Waals surface area (Å²) in [6, 6.07) is 2.07. The summed E-state index contributed by atoms with van der Waals surface area (Å²) in [5.41, 5.74) is 2.17. The van der Waals surface area contributed by atoms with Gasteiger partial charge < -0.3 is 9.72 Å². The predicted molar refractivity (Wildman–Crippen MR) is 71.0 cm³/mol. The van der Waals surface area contributed by atoms with Crippen molar-refractivity contribution in [2.24, 2.45) is 0 Å². The second-order valence-corrected chi connectivity index (χ2v) is 4.30. The lowest BCUT2D eigenvalue weighted by Gasteiger charge is -2.13. The topological polar surface area (TPSA) is 65.9 Å². The van der Waals surface area contributed by atoms with Gasteiger partial charge in [-0.3, -0.25) is 0 Å². The highest BCUT2D eigenvalue weighted by molar-refractivity contribution is 7.71. The smallest absolute Gasteiger partial charge is 0.340 e. The van der Waals surface area contributed by atoms with Crippen LogP contribution in [0.1, 0.15) is 47.4 Å². The largest absolute Gasteiger partial charge is 0.462 e. The number of carbonyl (C=O) groups excluding carboxylic acids is 1. The van der Waals surface area contributed by atoms with E-state index in [0.717, 1.165) is 6.42 Å². The van der Waals surface area contributed by atoms with E-state index in [9.17, 15) is 4.79 Å². The molecule has 5 heteroatoms. The minimum atomic E-state index is -0.402. The van der Waals surface area contributed by atoms with E-state index < -0.39 is 5.97 Å². The van der Waals surface area contributed by atoms with E-state index in [-0.39, 0.29) is 0 Å². The molecular weight excluding hydrogens is 248 g/mol. The van der Waals surface area contributed by atoms with Gasteiger partial charge in [0.2, 0.25) is 0 Å². The van der Waals surface area contributed by atoms with E-state index in [0.29, 0.717) is 40.1 Å². The number of ether oxygens (including phenoxy) is 1. The number of aryl methyl sites for hydroxylation is 1. The highest BCUT2D eigenvalue weighted by Gasteiger charge is 2.20. The number of rotatable bonds is 4. The fourth-order valence-electron chi connectivity index (χ4n) is 1.88. The Morgan fingerprint density at radius 2 is 2.17 bits per heavy atom. The Balaban J connectivity index is 3.53. The summed E-state index contributed by atoms with van der Waals surface area (Å²) in [6.07, 6.45) is 1.47. The van der Waals surface area contributed by atoms with Gasteiger partial charge in [-0.2, -0.15) is 5.26 Å². The van der Waals surface area contributed by atoms with E-state index >= 15 is 0 Å². The molecule has 1 N–H and O–H groups in total. The summed E-state index contributed by atoms with van der Waals surface area (Å²) in [4.78, 5) is 14.8. The molecule has 18 heavy (non-hydrogen) atoms. The summed E-state index contributed by atoms with van der Waals surface area (Å²) in [5.74, 6) is -0.402. The van der Waals surface area contributed by atoms with Gasteiger partial charge >= 0.3 is 5.97 Å². The molecule has 0 fully saturated rings. The maximum atomic E-state index is 12.0. The lowest BCUT2D eigenvalue weighted by atomic mass is 9.98. The fraction of sp³-hybridized carbons (Fsp3) is 0.462. The van der Waals surface area contributed by atoms with Gasteiger partial charge in [-0.25, -0.2) is 4.79 Å². The van der Waals surface area contributed by atoms with Crippen LogP contribution in [-0.2, 0) is 11.2 Å². The molecule has 1 heterocycles. The Hall–Kier alpha value is -1.67. The molecule has 0 aliphatic rings. The van der Waals surface area contributed by atoms with Crippen LogP contribution in [0.3, 0.4) is 0 Å². The van der Waals surface area contributed by atoms with Crippen molar-refractivity contribution < 1.29 is 9.53 Å². The molecule has 0 bridgehead atoms. The molecule has 0 spiro atoms. The van der Waals surface area contributed by atoms with Crippen LogP contribution in [0, 0.1) is 22.9 Å². The number of aromatic amines is 1. The van der Waals surface area contributed by atoms with Gasteiger partial charge in [0.25, 0.3) is 0 Å². The first kappa shape index (κ1) is 14.4. The summed E-state index contributed by atoms with van der Waals surface area (Å²) in [7, 11) is 0. The number of hydrogen-bond donors (Lipinski definition) is 1. The predicted octanol–water partition coefficient (Wildman–Crippen LogP) is 3.05. The number of carbonyl (C=O) groups is 1. The third-order valence-corrected chi connectivity index (χ3v) is 2.90. The van der Waals surface area contributed by atoms with Gasteiger partial charge in [0.1, 0.15) is 10.7 Å². The van der Waals surface area contributed by atoms with Gasteiger partial charge in [0, 0.05) is 5.69 Å². The molecule has 0 unspecified atom stereocenters. The van der Waals surface area contributed by atoms with Crippen LogP contribution in [-0.4, -0.2) is 17.6 Å². The molecule has 1 aromatic heterocycles. The molecule has 0 saturated heterocycles. The first-order chi connectivity index (χ1) is 8.56. The number of nitrogens with one attached hydrogen (secondary N) is 1. The molecule has 1 rings (SSSR count). The summed E-state index contributed by atoms with van der Waals surface area (Å²) in [5, 5.41) is 9.16. The van der Waals surface area contributed by atoms with Crippen LogP contribution in [0.2, 0.25) is 0 Å². The van der Waals surface area contributed by atoms with E-state index in [4.69, 9.17) is 22.2 Å². The summed E-state index contributed by atoms with van der Waals surface area (Å²) in [6.45, 7) is 5.82. The molecule has 96 valence electrons. The van der Waals surface area contributed by atoms with Crippen LogP contribution < -0.4 is 0 Å². The Kier molecular flexibility index (Phi) is 5.05. The van der Waals surface area contributed by atoms with Crippen LogP contribution in [0.4, 0.5) is 0 Å². The van der Waals surface area contributed by atoms with Crippen LogP contribution in [0.15, 0.2) is 0 Å². The average molecular weight is 264 g/mol. The van der Waals surface area contributed by atoms with Crippen molar-refractivity contribution in [3.05, 3.63) is 27.0 Å². The van der Waals surface area contributed by atoms with E-state index in [2.05, 4.69) is 11.1 Å². The van der Waals surface area contributed by atoms with Gasteiger partial charge in [-0.05, 0) is 25.8 Å². The Labute approximate surface area is 112 Å². The summed E-state index contributed by atoms with van der Waals surface area (Å²) >= 11 is 5.12. The number of esters is 1. The van der Waals surface area contributed by atoms with Crippen molar-refractivity contribution in [1.82, 2.24) is 4.98 Å². The zero-order valence-electron chi connectivity index (χ0n) is 10.8. The van der Waals surface area contributed by atoms with Crippen LogP contribution >= 0.6 is 12.2 Å². The standard InChI is InChI=1S/C13H16N2O2S/c1-4-6-9-10(7-14)12(18)15-8(3)11(9)13(16)17-5-2/h4-6H2,1-3H3,(H,15,18). The van der Waals surface area contributed by atoms with Crippen molar-refractivity contribution in [2.45, 2.75) is 33.6 Å². The quantitative estimate of drug-likeness (QED) is 0.670. The molecule has 0 aromatic carbocycles. The van der Waals surface area contributed by atoms with Gasteiger partial charge in [0.15, 0.2) is 0 Å². The second kappa shape index (κ2) is 6.31. The number of aromatic nitrogens is 1. The monoisotopic (exact) mass is 264 g/mol. The Morgan fingerprint density at radius 1 is 1.50 bits per heavy atom. The number of nitrogens with zero attached hydrogens (tertiary/aromatic N) is 1. The first-order valence-electron chi connectivity index (χ1n) is 5.89. The maximum absolute atomic E-state index is 12.0. The average Bonchev–Trinajstić information content (AvgIpc) is 2.29. The van der Waals surface area contributed by atoms with Crippen LogP contribution in [0.5, 0.6) is 0 Å². The minimum absolute atomic E-state index is 0.307. The molecule has 1 aromatic rings. The number of nitriles is 1. The van der Waals surface area contributed by atoms with E-state index in [1.807, 2.05) is 6.92 Å². The zero-order chi connectivity index (χ0) is 13.7. The highest BCUT2D eigenvalue weighted by atomic mass is 32.1. The molecule has 0 aliphatic heterocycles. The first-order valence-corrected chi connectivity index (χ1v) is 6.30. The second-order valence-electron chi connectivity index (χ2n) is 3.89. The molecule has 0 aliphatic carbocycles. The molecule has 0 saturated carbocycles. The maximum Gasteiger partial charge on any atom is 0.340 e. The lowest BCUT2D eigenvalue weighted by Crippen LogP contribution is -2.13. The van der Waals surface area contributed by atoms with E-state index in [1.54, 1.807) is 13.8 Å². The van der Waals surface area contributed by atoms with E-state index in [1.165, 1.54) is 0 Å². The van der Waals surface area contributed by atoms with Crippen molar-refractivity contribution in [3.8, 4) is 6.07 Å². The molecule has 0 amide bonds. The third-order valence-electron chi connectivity index (χ3n) is 2.60. The SMILES string of the molecule is CCCc1c(C(=O)OCC)c(C)[nH]c(=S)c1C#N. The molecular formula is C13H16N2O2S. The zero-order valence-corrected chi connectivity index (χ0v) is 11.6. The number of pyridine rings is 1. The van der Waals surface area contributed by atoms with Crippen molar-refractivity contribution in [3.63, 3.8) is 0 Å². The molecule has 4 nitrogen and oxygen atoms in total. The Morgan fingerprint density at radius 3 is 2.67 bits per heavy atom. The number of H-pyrrole nitrogens is 1. The third kappa shape index (κ3) is 2.77. The van der Waals surface area contributed by atoms with Crippen LogP contribution in [0.25, 0.3) is 0 Å². The number of hydrogen-bond acceptors (Lipinski definition) is 4. The van der Waals surface area contributed by atoms with Crippen molar-refractivity contribution in [2.75, 3.05) is 6.61 Å². The fourth-order valence-corrected chi connectivity index (χ4v) is 2.20. The van der Waals surface area contributed by atoms with Gasteiger partial charge in [-0.15, -0.1) is 0 Å². The Bertz CT molecular complexity index is 555. The normalized spacial score (nSPS) is 9.89. The highest BCUT2D eigenvalue weighted by Crippen LogP contribution is 2.21. The lowest BCUT2D eigenvalue weighted by molar-refractivity contribution is 0.0523. The minimum Gasteiger partial charge on any atom is -0.462 e.